The Morgan fingerprint density at radius 3 is 2.60 bits per heavy atom. The molecule has 0 aliphatic heterocycles. The van der Waals surface area contributed by atoms with Crippen LogP contribution in [0.4, 0.5) is 0 Å². The van der Waals surface area contributed by atoms with Gasteiger partial charge in [-0.05, 0) is 0 Å². The summed E-state index contributed by atoms with van der Waals surface area (Å²) in [6.07, 6.45) is 0. The smallest absolute Gasteiger partial charge is 0 e. The molecule has 0 atom stereocenters. The van der Waals surface area contributed by atoms with E-state index in [9.17, 15) is 0 Å². The zero-order valence-corrected chi connectivity index (χ0v) is 7.77. The molecule has 0 aliphatic rings. The van der Waals surface area contributed by atoms with Gasteiger partial charge in [-0.25, -0.2) is 0 Å². The molecule has 2 aromatic carbocycles. The first kappa shape index (κ1) is 7.58. The summed E-state index contributed by atoms with van der Waals surface area (Å²) in [6, 6.07) is 14.7. The van der Waals surface area contributed by atoms with Gasteiger partial charge in [0.05, 0.1) is 0 Å². The number of hydrogen-bond donors (Lipinski definition) is 0. The Kier molecular flexibility index (Phi) is 2.31. The number of fused-ring (bicyclic) bond motifs is 1. The molecule has 0 unspecified atom stereocenters. The van der Waals surface area contributed by atoms with Crippen molar-refractivity contribution in [3.63, 3.8) is 0 Å². The molecule has 53 valence electrons. The zero-order valence-electron chi connectivity index (χ0n) is 5.37. The molecule has 0 nitrogen and oxygen atoms in total. The largest absolute Gasteiger partial charge is 0.168 e. The van der Waals surface area contributed by atoms with Gasteiger partial charge < -0.3 is 0 Å². The molecule has 0 aromatic heterocycles. The first-order valence-electron chi connectivity index (χ1n) is 3.07. The molecule has 0 fully saturated rings. The Labute approximate surface area is 73.6 Å². The van der Waals surface area contributed by atoms with Crippen molar-refractivity contribution >= 4 is 10.8 Å². The summed E-state index contributed by atoms with van der Waals surface area (Å²) >= 11 is 0. The van der Waals surface area contributed by atoms with Crippen molar-refractivity contribution in [2.45, 2.75) is 0 Å². The average Bonchev–Trinajstić information content (AvgIpc) is 2.33. The predicted octanol–water partition coefficient (Wildman–Crippen LogP) is 2.56. The fourth-order valence-electron chi connectivity index (χ4n) is 1.07. The summed E-state index contributed by atoms with van der Waals surface area (Å²) < 4.78 is 0. The van der Waals surface area contributed by atoms with Crippen LogP contribution in [0.5, 0.6) is 0 Å². The van der Waals surface area contributed by atoms with Crippen molar-refractivity contribution in [1.29, 1.82) is 0 Å². The van der Waals surface area contributed by atoms with Crippen molar-refractivity contribution in [3.8, 4) is 0 Å². The second-order valence-electron chi connectivity index (χ2n) is 2.15. The third-order valence-corrected chi connectivity index (χ3v) is 1.55. The van der Waals surface area contributed by atoms with Crippen molar-refractivity contribution in [1.82, 2.24) is 0 Å². The van der Waals surface area contributed by atoms with E-state index < -0.39 is 0 Å². The van der Waals surface area contributed by atoms with Gasteiger partial charge in [0.2, 0.25) is 0 Å². The van der Waals surface area contributed by atoms with Crippen molar-refractivity contribution in [2.24, 2.45) is 0 Å². The van der Waals surface area contributed by atoms with Crippen LogP contribution >= 0.6 is 0 Å². The van der Waals surface area contributed by atoms with Crippen molar-refractivity contribution in [2.75, 3.05) is 0 Å². The van der Waals surface area contributed by atoms with Gasteiger partial charge in [0.1, 0.15) is 0 Å². The maximum atomic E-state index is 2.12. The van der Waals surface area contributed by atoms with Gasteiger partial charge in [-0.1, -0.05) is 6.07 Å². The third kappa shape index (κ3) is 1.16. The van der Waals surface area contributed by atoms with Crippen LogP contribution in [0.25, 0.3) is 10.8 Å². The fourth-order valence-corrected chi connectivity index (χ4v) is 1.07. The van der Waals surface area contributed by atoms with E-state index in [1.165, 1.54) is 10.8 Å². The molecule has 2 aromatic rings. The quantitative estimate of drug-likeness (QED) is 0.656. The summed E-state index contributed by atoms with van der Waals surface area (Å²) in [5, 5.41) is 2.66. The van der Waals surface area contributed by atoms with Crippen LogP contribution in [-0.4, -0.2) is 0 Å². The van der Waals surface area contributed by atoms with Crippen LogP contribution in [0, 0.1) is 0 Å². The Morgan fingerprint density at radius 2 is 1.80 bits per heavy atom. The maximum absolute atomic E-state index is 2.12. The Balaban J connectivity index is 0.000000500. The fraction of sp³-hybridized carbons (Fsp3) is 0. The van der Waals surface area contributed by atoms with E-state index in [0.717, 1.165) is 0 Å². The third-order valence-electron chi connectivity index (χ3n) is 1.55. The molecule has 0 aliphatic carbocycles. The van der Waals surface area contributed by atoms with E-state index in [2.05, 4.69) is 42.5 Å². The number of hydrogen-bond acceptors (Lipinski definition) is 0. The van der Waals surface area contributed by atoms with Crippen LogP contribution in [0.3, 0.4) is 0 Å². The Morgan fingerprint density at radius 1 is 1.00 bits per heavy atom. The zero-order chi connectivity index (χ0) is 6.10. The summed E-state index contributed by atoms with van der Waals surface area (Å²) in [6.45, 7) is 0. The van der Waals surface area contributed by atoms with Gasteiger partial charge in [0.15, 0.2) is 0 Å². The normalized spacial score (nSPS) is 9.20. The molecule has 1 radical (unpaired) electrons. The molecule has 10 heavy (non-hydrogen) atoms. The van der Waals surface area contributed by atoms with Gasteiger partial charge in [-0.3, -0.25) is 0 Å². The molecular formula is C9H7Ir-. The topological polar surface area (TPSA) is 0 Å². The number of rotatable bonds is 0. The Hall–Kier alpha value is -0.521. The van der Waals surface area contributed by atoms with Gasteiger partial charge in [-0.15, -0.1) is 29.7 Å². The minimum absolute atomic E-state index is 0. The molecule has 0 spiro atoms. The molecule has 0 heterocycles. The first-order chi connectivity index (χ1) is 4.47. The average molecular weight is 307 g/mol. The molecular weight excluding hydrogens is 300 g/mol. The number of benzene rings is 1. The standard InChI is InChI=1S/C9H7.Ir/c1-2-5-9-7-3-6-8(9)4-1;/h1-7H;/q-1;. The maximum Gasteiger partial charge on any atom is 0 e. The SMILES string of the molecule is [Ir].c1ccc2[cH-]ccc2c1. The van der Waals surface area contributed by atoms with E-state index in [4.69, 9.17) is 0 Å². The second-order valence-corrected chi connectivity index (χ2v) is 2.15. The molecule has 0 saturated heterocycles. The minimum atomic E-state index is 0. The second kappa shape index (κ2) is 3.05. The van der Waals surface area contributed by atoms with Gasteiger partial charge in [-0.2, -0.15) is 17.5 Å². The van der Waals surface area contributed by atoms with Crippen molar-refractivity contribution in [3.05, 3.63) is 42.5 Å². The van der Waals surface area contributed by atoms with Crippen LogP contribution in [0.2, 0.25) is 0 Å². The van der Waals surface area contributed by atoms with Crippen LogP contribution in [0.1, 0.15) is 0 Å². The summed E-state index contributed by atoms with van der Waals surface area (Å²) in [4.78, 5) is 0. The van der Waals surface area contributed by atoms with Gasteiger partial charge in [0, 0.05) is 20.1 Å². The molecule has 0 N–H and O–H groups in total. The van der Waals surface area contributed by atoms with E-state index in [1.807, 2.05) is 0 Å². The van der Waals surface area contributed by atoms with Gasteiger partial charge >= 0.3 is 0 Å². The molecule has 1 heteroatoms. The minimum Gasteiger partial charge on any atom is -0.168 e. The van der Waals surface area contributed by atoms with E-state index >= 15 is 0 Å². The van der Waals surface area contributed by atoms with Crippen molar-refractivity contribution < 1.29 is 20.1 Å². The van der Waals surface area contributed by atoms with Crippen LogP contribution < -0.4 is 0 Å². The summed E-state index contributed by atoms with van der Waals surface area (Å²) in [5.41, 5.74) is 0. The van der Waals surface area contributed by atoms with E-state index in [1.54, 1.807) is 0 Å². The monoisotopic (exact) mass is 308 g/mol. The Bertz CT molecular complexity index is 279. The van der Waals surface area contributed by atoms with E-state index in [0.29, 0.717) is 0 Å². The van der Waals surface area contributed by atoms with Gasteiger partial charge in [0.25, 0.3) is 0 Å². The molecule has 0 amide bonds. The predicted molar refractivity (Wildman–Crippen MR) is 39.5 cm³/mol. The summed E-state index contributed by atoms with van der Waals surface area (Å²) in [7, 11) is 0. The summed E-state index contributed by atoms with van der Waals surface area (Å²) in [5.74, 6) is 0. The van der Waals surface area contributed by atoms with Crippen LogP contribution in [-0.2, 0) is 20.1 Å². The molecule has 0 bridgehead atoms. The first-order valence-corrected chi connectivity index (χ1v) is 3.07. The molecule has 0 saturated carbocycles. The van der Waals surface area contributed by atoms with Crippen LogP contribution in [0.15, 0.2) is 42.5 Å². The van der Waals surface area contributed by atoms with E-state index in [-0.39, 0.29) is 20.1 Å². The molecule has 2 rings (SSSR count).